The molecule has 0 aliphatic carbocycles. The van der Waals surface area contributed by atoms with Gasteiger partial charge in [0.1, 0.15) is 165 Å². The highest BCUT2D eigenvalue weighted by Gasteiger charge is 2.60. The molecule has 14 bridgehead atoms. The van der Waals surface area contributed by atoms with Gasteiger partial charge in [0, 0.05) is 0 Å². The van der Waals surface area contributed by atoms with Gasteiger partial charge in [0.05, 0.1) is 39.6 Å². The molecule has 0 aromatic carbocycles. The lowest BCUT2D eigenvalue weighted by molar-refractivity contribution is -0.433. The molecule has 76 heavy (non-hydrogen) atoms. The third kappa shape index (κ3) is 11.5. The number of ether oxygens (including phenoxy) is 14. The Bertz CT molecular complexity index is 1820. The number of aliphatic hydroxyl groups excluding tert-OH is 20. The molecule has 21 heterocycles. The van der Waals surface area contributed by atoms with Crippen molar-refractivity contribution < 1.29 is 174 Å². The molecule has 442 valence electrons. The van der Waals surface area contributed by atoms with Crippen molar-refractivity contribution in [3.63, 3.8) is 0 Å². The van der Waals surface area contributed by atoms with Crippen molar-refractivity contribution in [3.05, 3.63) is 0 Å². The summed E-state index contributed by atoms with van der Waals surface area (Å²) in [4.78, 5) is 0. The first-order valence-electron chi connectivity index (χ1n) is 24.1. The summed E-state index contributed by atoms with van der Waals surface area (Å²) in [5, 5.41) is 230. The molecule has 21 rings (SSSR count). The molecule has 35 heteroatoms. The van der Waals surface area contributed by atoms with E-state index in [1.165, 1.54) is 0 Å². The van der Waals surface area contributed by atoms with Gasteiger partial charge in [-0.15, -0.1) is 0 Å². The van der Waals surface area contributed by atoms with E-state index in [9.17, 15) is 107 Å². The maximum Gasteiger partial charge on any atom is 0.221 e. The van der Waals surface area contributed by atoms with E-state index in [2.05, 4.69) is 0 Å². The summed E-state index contributed by atoms with van der Waals surface area (Å²) >= 11 is 0. The van der Waals surface area contributed by atoms with Crippen LogP contribution in [0.4, 0.5) is 0 Å². The molecule has 21 fully saturated rings. The summed E-state index contributed by atoms with van der Waals surface area (Å²) < 4.78 is 78.5. The van der Waals surface area contributed by atoms with Crippen LogP contribution < -0.4 is 0 Å². The highest BCUT2D eigenvalue weighted by molar-refractivity contribution is 5.01. The molecule has 0 saturated carbocycles. The highest BCUT2D eigenvalue weighted by atomic mass is 16.8. The molecule has 0 radical (unpaired) electrons. The van der Waals surface area contributed by atoms with Crippen LogP contribution in [0.2, 0.25) is 0 Å². The van der Waals surface area contributed by atoms with Gasteiger partial charge >= 0.3 is 0 Å². The van der Waals surface area contributed by atoms with Crippen LogP contribution in [0.5, 0.6) is 0 Å². The molecule has 0 spiro atoms. The predicted molar refractivity (Wildman–Crippen MR) is 224 cm³/mol. The normalized spacial score (nSPS) is 55.9. The summed E-state index contributed by atoms with van der Waals surface area (Å²) in [6.07, 6.45) is -67.6. The van der Waals surface area contributed by atoms with Gasteiger partial charge in [0.25, 0.3) is 0 Å². The molecule has 21 saturated heterocycles. The SMILES string of the molecule is OCC1O[C@@H]2O[C@@H]3C(CO)O[C@H](O[C@]4(O)CO[C@@H](O[C@@H]5C(CO)O[C@H](O[C@@H]6C(CO)O[C@@H](O[C@@H]7C(CO)O[C@@H](O[C@@H]8C(CO)O[C@@H](O[C@H]1[C@H](O)C2O)C(O)[C@H]8O)C(O)[C@H]7O)C(O)[C@H]6O)C(O)[C@H]5O)C(O)[C@H]4O)C(O)[C@H]3O. The van der Waals surface area contributed by atoms with E-state index in [-0.39, 0.29) is 0 Å². The maximum atomic E-state index is 11.4. The molecule has 21 aliphatic heterocycles. The van der Waals surface area contributed by atoms with Crippen LogP contribution in [0.15, 0.2) is 0 Å². The number of hydrogen-bond acceptors (Lipinski definition) is 35. The summed E-state index contributed by atoms with van der Waals surface area (Å²) in [5.41, 5.74) is 0. The Morgan fingerprint density at radius 3 is 0.711 bits per heavy atom. The Morgan fingerprint density at radius 2 is 0.474 bits per heavy atom. The zero-order chi connectivity index (χ0) is 55.4. The predicted octanol–water partition coefficient (Wildman–Crippen LogP) is -15.3. The van der Waals surface area contributed by atoms with Gasteiger partial charge in [-0.25, -0.2) is 0 Å². The van der Waals surface area contributed by atoms with Gasteiger partial charge in [0.15, 0.2) is 44.0 Å². The molecular formula is C41H68O35. The summed E-state index contributed by atoms with van der Waals surface area (Å²) in [7, 11) is 0. The van der Waals surface area contributed by atoms with Gasteiger partial charge in [0.2, 0.25) is 5.79 Å². The lowest BCUT2D eigenvalue weighted by Gasteiger charge is -2.50. The van der Waals surface area contributed by atoms with Crippen molar-refractivity contribution in [2.45, 2.75) is 209 Å². The molecule has 0 aromatic heterocycles. The van der Waals surface area contributed by atoms with E-state index in [4.69, 9.17) is 66.3 Å². The Balaban J connectivity index is 1.07. The molecule has 13 unspecified atom stereocenters. The monoisotopic (exact) mass is 1120 g/mol. The van der Waals surface area contributed by atoms with Gasteiger partial charge in [-0.05, 0) is 0 Å². The lowest BCUT2D eigenvalue weighted by Crippen LogP contribution is -2.69. The van der Waals surface area contributed by atoms with Crippen LogP contribution in [0.1, 0.15) is 0 Å². The number of aliphatic hydroxyl groups is 21. The summed E-state index contributed by atoms with van der Waals surface area (Å²) in [6.45, 7) is -7.50. The molecule has 0 aromatic rings. The quantitative estimate of drug-likeness (QED) is 0.117. The average Bonchev–Trinajstić information content (AvgIpc) is 3.41. The van der Waals surface area contributed by atoms with Crippen molar-refractivity contribution in [2.24, 2.45) is 0 Å². The second-order valence-corrected chi connectivity index (χ2v) is 19.4. The first-order valence-corrected chi connectivity index (χ1v) is 24.1. The summed E-state index contributed by atoms with van der Waals surface area (Å²) in [6, 6.07) is 0. The fraction of sp³-hybridized carbons (Fsp3) is 1.00. The van der Waals surface area contributed by atoms with E-state index in [1.54, 1.807) is 0 Å². The van der Waals surface area contributed by atoms with Gasteiger partial charge in [-0.3, -0.25) is 0 Å². The van der Waals surface area contributed by atoms with Crippen molar-refractivity contribution in [3.8, 4) is 0 Å². The highest BCUT2D eigenvalue weighted by Crippen LogP contribution is 2.39. The third-order valence-electron chi connectivity index (χ3n) is 14.5. The van der Waals surface area contributed by atoms with E-state index in [1.807, 2.05) is 0 Å². The van der Waals surface area contributed by atoms with E-state index < -0.39 is 255 Å². The molecular weight excluding hydrogens is 1050 g/mol. The Morgan fingerprint density at radius 1 is 0.263 bits per heavy atom. The van der Waals surface area contributed by atoms with Crippen LogP contribution in [0.25, 0.3) is 0 Å². The fourth-order valence-electron chi connectivity index (χ4n) is 10.1. The minimum Gasteiger partial charge on any atom is -0.394 e. The second kappa shape index (κ2) is 25.0. The Kier molecular flexibility index (Phi) is 20.0. The molecule has 34 atom stereocenters. The fourth-order valence-corrected chi connectivity index (χ4v) is 10.1. The molecule has 0 amide bonds. The topological polar surface area (TPSA) is 554 Å². The zero-order valence-corrected chi connectivity index (χ0v) is 39.6. The van der Waals surface area contributed by atoms with Crippen LogP contribution in [0, 0.1) is 0 Å². The Labute approximate surface area is 428 Å². The zero-order valence-electron chi connectivity index (χ0n) is 39.6. The molecule has 21 aliphatic rings. The first kappa shape index (κ1) is 60.7. The van der Waals surface area contributed by atoms with Crippen molar-refractivity contribution >= 4 is 0 Å². The Hall–Kier alpha value is -1.40. The van der Waals surface area contributed by atoms with Gasteiger partial charge < -0.3 is 174 Å². The van der Waals surface area contributed by atoms with Crippen LogP contribution >= 0.6 is 0 Å². The summed E-state index contributed by atoms with van der Waals surface area (Å²) in [5.74, 6) is -3.06. The van der Waals surface area contributed by atoms with Crippen molar-refractivity contribution in [2.75, 3.05) is 46.2 Å². The lowest BCUT2D eigenvalue weighted by atomic mass is 9.95. The van der Waals surface area contributed by atoms with E-state index in [0.717, 1.165) is 0 Å². The van der Waals surface area contributed by atoms with Gasteiger partial charge in [-0.2, -0.15) is 0 Å². The number of hydrogen-bond donors (Lipinski definition) is 21. The standard InChI is InChI=1S/C41H68O35/c42-1-8-27-14(48)20(54)35(64-8)71-28-9(2-43)65-36(21(55)15(28)49)72-29-10(3-44)66-37(22(56)16(29)50)73-30-11(4-45)67-38(23(57)17(30)51)74-31-12(5-46)68-39(24(58)18(31)52)75-32-13(6-47)69-40(25(59)19(32)53)76-41(62)7-63-34(70-27)26(60)33(41)61/h8-40,42-62H,1-7H2/t8?,9?,10?,11?,12?,13?,14-,15-,16-,17-,18-,19-,20?,21?,22?,23?,24?,25?,26?,27-,28-,29-,30-,31-,32-,33-,34+,35-,36+,37+,38+,39-,40-,41-/m1/s1. The van der Waals surface area contributed by atoms with Crippen LogP contribution in [0.3, 0.4) is 0 Å². The smallest absolute Gasteiger partial charge is 0.221 e. The minimum atomic E-state index is -3.06. The first-order chi connectivity index (χ1) is 36.1. The molecule has 35 nitrogen and oxygen atoms in total. The van der Waals surface area contributed by atoms with Crippen LogP contribution in [-0.4, -0.2) is 362 Å². The van der Waals surface area contributed by atoms with E-state index >= 15 is 0 Å². The van der Waals surface area contributed by atoms with Crippen LogP contribution in [-0.2, 0) is 66.3 Å². The van der Waals surface area contributed by atoms with Gasteiger partial charge in [-0.1, -0.05) is 0 Å². The maximum absolute atomic E-state index is 11.4. The molecule has 21 N–H and O–H groups in total. The van der Waals surface area contributed by atoms with E-state index in [0.29, 0.717) is 0 Å². The second-order valence-electron chi connectivity index (χ2n) is 19.4. The average molecular weight is 1120 g/mol. The third-order valence-corrected chi connectivity index (χ3v) is 14.5. The largest absolute Gasteiger partial charge is 0.394 e. The number of rotatable bonds is 6. The van der Waals surface area contributed by atoms with Crippen molar-refractivity contribution in [1.82, 2.24) is 0 Å². The van der Waals surface area contributed by atoms with Crippen molar-refractivity contribution in [1.29, 1.82) is 0 Å². The minimum absolute atomic E-state index is 1.05.